The van der Waals surface area contributed by atoms with E-state index in [4.69, 9.17) is 46.4 Å². The van der Waals surface area contributed by atoms with Crippen molar-refractivity contribution in [3.63, 3.8) is 0 Å². The highest BCUT2D eigenvalue weighted by Gasteiger charge is 2.19. The van der Waals surface area contributed by atoms with Crippen molar-refractivity contribution in [2.75, 3.05) is 10.2 Å². The lowest BCUT2D eigenvalue weighted by Gasteiger charge is -2.15. The van der Waals surface area contributed by atoms with Crippen molar-refractivity contribution in [3.8, 4) is 0 Å². The molecule has 0 unspecified atom stereocenters. The number of thioether (sulfide) groups is 2. The van der Waals surface area contributed by atoms with Crippen LogP contribution in [-0.4, -0.2) is 10.2 Å². The Morgan fingerprint density at radius 1 is 0.667 bits per heavy atom. The van der Waals surface area contributed by atoms with Gasteiger partial charge in [0.05, 0.1) is 20.1 Å². The predicted molar refractivity (Wildman–Crippen MR) is 96.8 cm³/mol. The second kappa shape index (κ2) is 8.93. The molecule has 0 nitrogen and oxygen atoms in total. The molecule has 0 heterocycles. The van der Waals surface area contributed by atoms with E-state index in [9.17, 15) is 0 Å². The Labute approximate surface area is 147 Å². The van der Waals surface area contributed by atoms with Gasteiger partial charge in [-0.25, -0.2) is 0 Å². The molecule has 0 saturated carbocycles. The number of benzene rings is 1. The molecule has 0 saturated heterocycles. The van der Waals surface area contributed by atoms with E-state index in [0.29, 0.717) is 41.8 Å². The number of thiol groups is 2. The molecule has 0 aliphatic carbocycles. The van der Waals surface area contributed by atoms with Gasteiger partial charge in [0.25, 0.3) is 0 Å². The summed E-state index contributed by atoms with van der Waals surface area (Å²) in [7, 11) is 0. The molecule has 0 radical (unpaired) electrons. The highest BCUT2D eigenvalue weighted by Crippen LogP contribution is 2.43. The molecule has 0 aromatic heterocycles. The zero-order chi connectivity index (χ0) is 13.7. The van der Waals surface area contributed by atoms with Gasteiger partial charge in [0.15, 0.2) is 0 Å². The van der Waals surface area contributed by atoms with Crippen LogP contribution in [0, 0.1) is 0 Å². The first-order valence-corrected chi connectivity index (χ1v) is 9.84. The van der Waals surface area contributed by atoms with Gasteiger partial charge in [-0.05, 0) is 0 Å². The van der Waals surface area contributed by atoms with Crippen molar-refractivity contribution in [2.24, 2.45) is 0 Å². The van der Waals surface area contributed by atoms with E-state index < -0.39 is 0 Å². The van der Waals surface area contributed by atoms with Crippen LogP contribution in [0.1, 0.15) is 11.1 Å². The van der Waals surface area contributed by atoms with Crippen molar-refractivity contribution in [2.45, 2.75) is 11.5 Å². The highest BCUT2D eigenvalue weighted by molar-refractivity contribution is 8.09. The van der Waals surface area contributed by atoms with E-state index in [-0.39, 0.29) is 0 Å². The Morgan fingerprint density at radius 2 is 0.944 bits per heavy atom. The molecule has 0 aliphatic heterocycles. The summed E-state index contributed by atoms with van der Waals surface area (Å²) in [6.07, 6.45) is 0. The summed E-state index contributed by atoms with van der Waals surface area (Å²) in [4.78, 5) is 0. The van der Waals surface area contributed by atoms with Crippen LogP contribution < -0.4 is 0 Å². The first kappa shape index (κ1) is 17.8. The molecule has 18 heavy (non-hydrogen) atoms. The fourth-order valence-electron chi connectivity index (χ4n) is 1.27. The van der Waals surface area contributed by atoms with E-state index in [1.165, 1.54) is 0 Å². The minimum absolute atomic E-state index is 0.482. The molecule has 8 heteroatoms. The molecule has 0 N–H and O–H groups in total. The van der Waals surface area contributed by atoms with Gasteiger partial charge in [-0.1, -0.05) is 46.4 Å². The lowest BCUT2D eigenvalue weighted by molar-refractivity contribution is 1.34. The quantitative estimate of drug-likeness (QED) is 0.316. The molecule has 0 bridgehead atoms. The van der Waals surface area contributed by atoms with Crippen molar-refractivity contribution in [1.82, 2.24) is 0 Å². The maximum Gasteiger partial charge on any atom is 0.0651 e. The molecule has 102 valence electrons. The Morgan fingerprint density at radius 3 is 1.17 bits per heavy atom. The van der Waals surface area contributed by atoms with Gasteiger partial charge < -0.3 is 0 Å². The zero-order valence-electron chi connectivity index (χ0n) is 9.05. The Balaban J connectivity index is 3.18. The van der Waals surface area contributed by atoms with Crippen LogP contribution in [0.2, 0.25) is 20.1 Å². The number of hydrogen-bond acceptors (Lipinski definition) is 4. The topological polar surface area (TPSA) is 0 Å². The predicted octanol–water partition coefficient (Wildman–Crippen LogP) is 6.54. The van der Waals surface area contributed by atoms with Crippen LogP contribution in [0.3, 0.4) is 0 Å². The Bertz CT molecular complexity index is 357. The molecule has 0 spiro atoms. The third-order valence-electron chi connectivity index (χ3n) is 2.12. The largest absolute Gasteiger partial charge is 0.168 e. The molecule has 0 amide bonds. The van der Waals surface area contributed by atoms with Crippen molar-refractivity contribution >= 4 is 95.2 Å². The third kappa shape index (κ3) is 4.39. The average molecular weight is 400 g/mol. The van der Waals surface area contributed by atoms with Crippen molar-refractivity contribution in [3.05, 3.63) is 31.2 Å². The summed E-state index contributed by atoms with van der Waals surface area (Å²) < 4.78 is 0. The third-order valence-corrected chi connectivity index (χ3v) is 6.43. The average Bonchev–Trinajstić information content (AvgIpc) is 2.37. The summed E-state index contributed by atoms with van der Waals surface area (Å²) in [6.45, 7) is 0. The monoisotopic (exact) mass is 398 g/mol. The fraction of sp³-hybridized carbons (Fsp3) is 0.400. The van der Waals surface area contributed by atoms with Crippen LogP contribution in [-0.2, 0) is 11.5 Å². The standard InChI is InChI=1S/C10H10Cl4S4/c11-7-5(1-17-3-15)8(12)10(14)6(9(7)13)2-18-4-16/h15-16H,1-4H2. The second-order valence-corrected chi connectivity index (χ2v) is 8.14. The van der Waals surface area contributed by atoms with Gasteiger partial charge >= 0.3 is 0 Å². The Hall–Kier alpha value is 1.78. The number of halogens is 4. The van der Waals surface area contributed by atoms with Crippen LogP contribution >= 0.6 is 95.2 Å². The minimum Gasteiger partial charge on any atom is -0.168 e. The van der Waals surface area contributed by atoms with Crippen LogP contribution in [0.25, 0.3) is 0 Å². The lowest BCUT2D eigenvalue weighted by atomic mass is 10.1. The van der Waals surface area contributed by atoms with Gasteiger partial charge in [0.2, 0.25) is 0 Å². The van der Waals surface area contributed by atoms with Crippen molar-refractivity contribution in [1.29, 1.82) is 0 Å². The molecule has 0 aliphatic rings. The van der Waals surface area contributed by atoms with Gasteiger partial charge in [-0.3, -0.25) is 0 Å². The second-order valence-electron chi connectivity index (χ2n) is 3.17. The lowest BCUT2D eigenvalue weighted by Crippen LogP contribution is -1.94. The van der Waals surface area contributed by atoms with Gasteiger partial charge in [-0.15, -0.1) is 23.5 Å². The summed E-state index contributed by atoms with van der Waals surface area (Å²) in [6, 6.07) is 0. The van der Waals surface area contributed by atoms with Gasteiger partial charge in [0, 0.05) is 32.8 Å². The molecule has 0 atom stereocenters. The maximum absolute atomic E-state index is 6.25. The normalized spacial score (nSPS) is 11.0. The van der Waals surface area contributed by atoms with Crippen LogP contribution in [0.15, 0.2) is 0 Å². The molecule has 1 rings (SSSR count). The van der Waals surface area contributed by atoms with E-state index in [1.807, 2.05) is 0 Å². The van der Waals surface area contributed by atoms with Crippen LogP contribution in [0.5, 0.6) is 0 Å². The van der Waals surface area contributed by atoms with Gasteiger partial charge in [0.1, 0.15) is 0 Å². The molecule has 1 aromatic rings. The molecule has 1 aromatic carbocycles. The number of rotatable bonds is 6. The first-order valence-electron chi connectivity index (χ1n) is 4.75. The highest BCUT2D eigenvalue weighted by atomic mass is 35.5. The minimum atomic E-state index is 0.482. The van der Waals surface area contributed by atoms with E-state index >= 15 is 0 Å². The zero-order valence-corrected chi connectivity index (χ0v) is 15.5. The van der Waals surface area contributed by atoms with Crippen molar-refractivity contribution < 1.29 is 0 Å². The SMILES string of the molecule is SCSCc1c(Cl)c(Cl)c(CSCS)c(Cl)c1Cl. The Kier molecular flexibility index (Phi) is 8.85. The molecular formula is C10H10Cl4S4. The first-order chi connectivity index (χ1) is 8.54. The summed E-state index contributed by atoms with van der Waals surface area (Å²) >= 11 is 36.5. The van der Waals surface area contributed by atoms with E-state index in [2.05, 4.69) is 25.3 Å². The summed E-state index contributed by atoms with van der Waals surface area (Å²) in [5.74, 6) is 1.28. The molecular weight excluding hydrogens is 390 g/mol. The summed E-state index contributed by atoms with van der Waals surface area (Å²) in [5, 5.41) is 3.29. The summed E-state index contributed by atoms with van der Waals surface area (Å²) in [5.41, 5.74) is 1.54. The molecule has 0 fully saturated rings. The van der Waals surface area contributed by atoms with Crippen LogP contribution in [0.4, 0.5) is 0 Å². The maximum atomic E-state index is 6.25. The number of hydrogen-bond donors (Lipinski definition) is 2. The van der Waals surface area contributed by atoms with E-state index in [1.54, 1.807) is 23.5 Å². The van der Waals surface area contributed by atoms with E-state index in [0.717, 1.165) is 11.1 Å². The smallest absolute Gasteiger partial charge is 0.0651 e. The van der Waals surface area contributed by atoms with Gasteiger partial charge in [-0.2, -0.15) is 25.3 Å². The fourth-order valence-corrected chi connectivity index (χ4v) is 4.50.